The Morgan fingerprint density at radius 2 is 1.94 bits per heavy atom. The van der Waals surface area contributed by atoms with Gasteiger partial charge in [-0.05, 0) is 77.1 Å². The van der Waals surface area contributed by atoms with E-state index in [0.717, 1.165) is 16.1 Å². The number of anilines is 1. The molecule has 4 rings (SSSR count). The number of halogens is 2. The Bertz CT molecular complexity index is 1310. The fourth-order valence-corrected chi connectivity index (χ4v) is 5.76. The Labute approximate surface area is 226 Å². The number of hydrogen-bond acceptors (Lipinski definition) is 6. The van der Waals surface area contributed by atoms with Gasteiger partial charge in [-0.2, -0.15) is 0 Å². The van der Waals surface area contributed by atoms with Crippen LogP contribution < -0.4 is 14.4 Å². The fourth-order valence-electron chi connectivity index (χ4n) is 3.43. The SMILES string of the molecule is CCOc1cc(/C=C2\SC(=S)N(c3cccc(SC)c3)C2=O)cc(Br)c1OCc1ccccc1F. The summed E-state index contributed by atoms with van der Waals surface area (Å²) >= 11 is 11.9. The lowest BCUT2D eigenvalue weighted by Crippen LogP contribution is -2.27. The number of benzene rings is 3. The molecule has 0 spiro atoms. The summed E-state index contributed by atoms with van der Waals surface area (Å²) in [4.78, 5) is 16.3. The zero-order valence-corrected chi connectivity index (χ0v) is 23.0. The van der Waals surface area contributed by atoms with E-state index in [9.17, 15) is 9.18 Å². The largest absolute Gasteiger partial charge is 0.490 e. The maximum Gasteiger partial charge on any atom is 0.270 e. The van der Waals surface area contributed by atoms with Crippen LogP contribution in [0.1, 0.15) is 18.1 Å². The molecule has 0 bridgehead atoms. The van der Waals surface area contributed by atoms with Gasteiger partial charge in [0.25, 0.3) is 5.91 Å². The lowest BCUT2D eigenvalue weighted by molar-refractivity contribution is -0.113. The average Bonchev–Trinajstić information content (AvgIpc) is 3.12. The third-order valence-corrected chi connectivity index (χ3v) is 7.68. The Hall–Kier alpha value is -2.33. The van der Waals surface area contributed by atoms with Crippen LogP contribution in [-0.4, -0.2) is 23.1 Å². The molecule has 4 nitrogen and oxygen atoms in total. The van der Waals surface area contributed by atoms with Crippen molar-refractivity contribution in [3.05, 3.63) is 87.0 Å². The van der Waals surface area contributed by atoms with E-state index in [1.165, 1.54) is 17.8 Å². The van der Waals surface area contributed by atoms with E-state index >= 15 is 0 Å². The lowest BCUT2D eigenvalue weighted by atomic mass is 10.1. The Morgan fingerprint density at radius 3 is 2.69 bits per heavy atom. The topological polar surface area (TPSA) is 38.8 Å². The summed E-state index contributed by atoms with van der Waals surface area (Å²) in [5, 5.41) is 0. The molecule has 9 heteroatoms. The van der Waals surface area contributed by atoms with Crippen molar-refractivity contribution in [1.82, 2.24) is 0 Å². The molecular weight excluding hydrogens is 569 g/mol. The molecular formula is C26H21BrFNO3S3. The first-order valence-electron chi connectivity index (χ1n) is 10.7. The van der Waals surface area contributed by atoms with Crippen LogP contribution in [0.2, 0.25) is 0 Å². The highest BCUT2D eigenvalue weighted by Gasteiger charge is 2.33. The molecule has 0 radical (unpaired) electrons. The van der Waals surface area contributed by atoms with Gasteiger partial charge in [0.1, 0.15) is 12.4 Å². The van der Waals surface area contributed by atoms with Crippen LogP contribution >= 0.6 is 51.7 Å². The Balaban J connectivity index is 1.61. The smallest absolute Gasteiger partial charge is 0.270 e. The van der Waals surface area contributed by atoms with Gasteiger partial charge in [0, 0.05) is 10.5 Å². The molecule has 1 aliphatic heterocycles. The molecule has 3 aromatic rings. The van der Waals surface area contributed by atoms with Crippen LogP contribution in [0.15, 0.2) is 74.9 Å². The van der Waals surface area contributed by atoms with E-state index in [0.29, 0.717) is 37.4 Å². The lowest BCUT2D eigenvalue weighted by Gasteiger charge is -2.15. The number of hydrogen-bond donors (Lipinski definition) is 0. The second-order valence-electron chi connectivity index (χ2n) is 7.36. The summed E-state index contributed by atoms with van der Waals surface area (Å²) in [5.41, 5.74) is 1.94. The van der Waals surface area contributed by atoms with Gasteiger partial charge < -0.3 is 9.47 Å². The summed E-state index contributed by atoms with van der Waals surface area (Å²) in [6.45, 7) is 2.34. The number of thiocarbonyl (C=S) groups is 1. The van der Waals surface area contributed by atoms with Crippen molar-refractivity contribution in [2.45, 2.75) is 18.4 Å². The molecule has 0 aliphatic carbocycles. The first-order chi connectivity index (χ1) is 16.9. The molecule has 0 aromatic heterocycles. The van der Waals surface area contributed by atoms with Crippen molar-refractivity contribution in [2.75, 3.05) is 17.8 Å². The monoisotopic (exact) mass is 589 g/mol. The molecule has 0 N–H and O–H groups in total. The number of nitrogens with zero attached hydrogens (tertiary/aromatic N) is 1. The highest BCUT2D eigenvalue weighted by atomic mass is 79.9. The summed E-state index contributed by atoms with van der Waals surface area (Å²) in [6, 6.07) is 17.8. The van der Waals surface area contributed by atoms with Gasteiger partial charge >= 0.3 is 0 Å². The van der Waals surface area contributed by atoms with Gasteiger partial charge in [-0.3, -0.25) is 9.69 Å². The number of ether oxygens (including phenoxy) is 2. The number of carbonyl (C=O) groups is 1. The second-order valence-corrected chi connectivity index (χ2v) is 10.8. The second kappa shape index (κ2) is 11.6. The first-order valence-corrected chi connectivity index (χ1v) is 13.9. The van der Waals surface area contributed by atoms with Crippen molar-refractivity contribution in [2.24, 2.45) is 0 Å². The number of carbonyl (C=O) groups excluding carboxylic acids is 1. The van der Waals surface area contributed by atoms with Gasteiger partial charge in [0.15, 0.2) is 15.8 Å². The van der Waals surface area contributed by atoms with Crippen molar-refractivity contribution >= 4 is 73.7 Å². The van der Waals surface area contributed by atoms with Crippen LogP contribution in [0.5, 0.6) is 11.5 Å². The molecule has 3 aromatic carbocycles. The summed E-state index contributed by atoms with van der Waals surface area (Å²) < 4.78 is 26.8. The van der Waals surface area contributed by atoms with E-state index in [4.69, 9.17) is 21.7 Å². The van der Waals surface area contributed by atoms with E-state index in [-0.39, 0.29) is 18.3 Å². The molecule has 0 atom stereocenters. The average molecular weight is 591 g/mol. The molecule has 35 heavy (non-hydrogen) atoms. The minimum atomic E-state index is -0.330. The van der Waals surface area contributed by atoms with Crippen molar-refractivity contribution < 1.29 is 18.7 Å². The predicted molar refractivity (Wildman–Crippen MR) is 150 cm³/mol. The van der Waals surface area contributed by atoms with E-state index in [1.807, 2.05) is 43.5 Å². The van der Waals surface area contributed by atoms with Crippen LogP contribution in [0.3, 0.4) is 0 Å². The quantitative estimate of drug-likeness (QED) is 0.152. The molecule has 0 saturated carbocycles. The summed E-state index contributed by atoms with van der Waals surface area (Å²) in [6.07, 6.45) is 3.77. The molecule has 1 amide bonds. The highest BCUT2D eigenvalue weighted by molar-refractivity contribution is 9.10. The summed E-state index contributed by atoms with van der Waals surface area (Å²) in [7, 11) is 0. The molecule has 180 valence electrons. The van der Waals surface area contributed by atoms with Gasteiger partial charge in [0.05, 0.1) is 21.7 Å². The van der Waals surface area contributed by atoms with Crippen molar-refractivity contribution in [3.63, 3.8) is 0 Å². The van der Waals surface area contributed by atoms with Gasteiger partial charge in [-0.25, -0.2) is 4.39 Å². The van der Waals surface area contributed by atoms with E-state index < -0.39 is 0 Å². The predicted octanol–water partition coefficient (Wildman–Crippen LogP) is 7.69. The molecule has 1 heterocycles. The third kappa shape index (κ3) is 5.91. The maximum absolute atomic E-state index is 14.0. The Kier molecular flexibility index (Phi) is 8.54. The van der Waals surface area contributed by atoms with E-state index in [1.54, 1.807) is 47.0 Å². The normalized spacial score (nSPS) is 14.6. The van der Waals surface area contributed by atoms with Crippen LogP contribution in [0.4, 0.5) is 10.1 Å². The van der Waals surface area contributed by atoms with E-state index in [2.05, 4.69) is 15.9 Å². The minimum absolute atomic E-state index is 0.0540. The number of rotatable bonds is 8. The minimum Gasteiger partial charge on any atom is -0.490 e. The molecule has 0 unspecified atom stereocenters. The van der Waals surface area contributed by atoms with Crippen molar-refractivity contribution in [1.29, 1.82) is 0 Å². The molecule has 1 aliphatic rings. The number of amides is 1. The standard InChI is InChI=1S/C26H21BrFNO3S3/c1-3-31-22-12-16(11-20(27)24(22)32-15-17-7-4-5-10-21(17)28)13-23-25(30)29(26(33)35-23)18-8-6-9-19(14-18)34-2/h4-14H,3,15H2,1-2H3/b23-13-. The van der Waals surface area contributed by atoms with Gasteiger partial charge in [-0.1, -0.05) is 48.2 Å². The zero-order chi connectivity index (χ0) is 24.9. The van der Waals surface area contributed by atoms with Gasteiger partial charge in [0.2, 0.25) is 0 Å². The van der Waals surface area contributed by atoms with Crippen LogP contribution in [0.25, 0.3) is 6.08 Å². The van der Waals surface area contributed by atoms with Crippen molar-refractivity contribution in [3.8, 4) is 11.5 Å². The highest BCUT2D eigenvalue weighted by Crippen LogP contribution is 2.41. The zero-order valence-electron chi connectivity index (χ0n) is 18.9. The van der Waals surface area contributed by atoms with Crippen LogP contribution in [-0.2, 0) is 11.4 Å². The maximum atomic E-state index is 14.0. The molecule has 1 fully saturated rings. The Morgan fingerprint density at radius 1 is 1.14 bits per heavy atom. The van der Waals surface area contributed by atoms with Crippen LogP contribution in [0, 0.1) is 5.82 Å². The fraction of sp³-hybridized carbons (Fsp3) is 0.154. The number of thioether (sulfide) groups is 2. The molecule has 1 saturated heterocycles. The first kappa shape index (κ1) is 25.8. The third-order valence-electron chi connectivity index (χ3n) is 5.06. The van der Waals surface area contributed by atoms with Gasteiger partial charge in [-0.15, -0.1) is 11.8 Å². The summed E-state index contributed by atoms with van der Waals surface area (Å²) in [5.74, 6) is 0.455.